The van der Waals surface area contributed by atoms with Crippen LogP contribution in [0.25, 0.3) is 10.2 Å². The molecule has 0 saturated heterocycles. The van der Waals surface area contributed by atoms with Gasteiger partial charge in [0.1, 0.15) is 0 Å². The molecule has 0 unspecified atom stereocenters. The van der Waals surface area contributed by atoms with Crippen LogP contribution in [0.3, 0.4) is 0 Å². The van der Waals surface area contributed by atoms with E-state index >= 15 is 0 Å². The summed E-state index contributed by atoms with van der Waals surface area (Å²) in [6.07, 6.45) is 2.76. The lowest BCUT2D eigenvalue weighted by Crippen LogP contribution is -2.07. The van der Waals surface area contributed by atoms with Crippen LogP contribution < -0.4 is 11.1 Å². The molecule has 0 saturated carbocycles. The lowest BCUT2D eigenvalue weighted by atomic mass is 10.3. The van der Waals surface area contributed by atoms with Crippen LogP contribution in [0.15, 0.2) is 23.2 Å². The first kappa shape index (κ1) is 11.8. The standard InChI is InChI=1S/C11H14N4OS/c1-2-3-7(6-16)13-10-9-8(4-5-17-9)14-11(12)15-10/h3-5,16H,2,6H2,1H3,(H3,12,13,14,15)/b7-3-. The molecule has 0 aliphatic heterocycles. The maximum Gasteiger partial charge on any atom is 0.222 e. The second-order valence-corrected chi connectivity index (χ2v) is 4.40. The molecule has 2 rings (SSSR count). The zero-order valence-electron chi connectivity index (χ0n) is 9.47. The summed E-state index contributed by atoms with van der Waals surface area (Å²) in [5.41, 5.74) is 7.18. The van der Waals surface area contributed by atoms with Gasteiger partial charge in [-0.25, -0.2) is 4.98 Å². The van der Waals surface area contributed by atoms with Crippen LogP contribution in [-0.2, 0) is 0 Å². The maximum absolute atomic E-state index is 9.21. The number of nitrogens with zero attached hydrogens (tertiary/aromatic N) is 2. The second-order valence-electron chi connectivity index (χ2n) is 3.49. The summed E-state index contributed by atoms with van der Waals surface area (Å²) in [7, 11) is 0. The van der Waals surface area contributed by atoms with Gasteiger partial charge in [-0.3, -0.25) is 0 Å². The average molecular weight is 250 g/mol. The Kier molecular flexibility index (Phi) is 3.55. The van der Waals surface area contributed by atoms with Gasteiger partial charge in [0.2, 0.25) is 5.95 Å². The Labute approximate surface area is 103 Å². The van der Waals surface area contributed by atoms with Gasteiger partial charge >= 0.3 is 0 Å². The third kappa shape index (κ3) is 2.54. The quantitative estimate of drug-likeness (QED) is 0.772. The van der Waals surface area contributed by atoms with Crippen molar-refractivity contribution in [2.24, 2.45) is 0 Å². The summed E-state index contributed by atoms with van der Waals surface area (Å²) in [5.74, 6) is 0.878. The van der Waals surface area contributed by atoms with Gasteiger partial charge in [0.15, 0.2) is 5.82 Å². The van der Waals surface area contributed by atoms with Crippen LogP contribution in [0.5, 0.6) is 0 Å². The summed E-state index contributed by atoms with van der Waals surface area (Å²) < 4.78 is 0.939. The SMILES string of the molecule is CC/C=C(/CO)Nc1nc(N)nc2ccsc12. The Morgan fingerprint density at radius 1 is 1.59 bits per heavy atom. The fraction of sp³-hybridized carbons (Fsp3) is 0.273. The van der Waals surface area contributed by atoms with Crippen molar-refractivity contribution in [3.05, 3.63) is 23.2 Å². The molecule has 17 heavy (non-hydrogen) atoms. The number of aliphatic hydroxyl groups excluding tert-OH is 1. The molecule has 0 aliphatic rings. The topological polar surface area (TPSA) is 84.1 Å². The molecule has 0 amide bonds. The first-order chi connectivity index (χ1) is 8.24. The predicted octanol–water partition coefficient (Wildman–Crippen LogP) is 1.97. The molecular formula is C11H14N4OS. The van der Waals surface area contributed by atoms with E-state index in [2.05, 4.69) is 15.3 Å². The van der Waals surface area contributed by atoms with Crippen molar-refractivity contribution in [2.45, 2.75) is 13.3 Å². The van der Waals surface area contributed by atoms with E-state index < -0.39 is 0 Å². The summed E-state index contributed by atoms with van der Waals surface area (Å²) in [6.45, 7) is 1.96. The van der Waals surface area contributed by atoms with Crippen LogP contribution in [0, 0.1) is 0 Å². The van der Waals surface area contributed by atoms with Crippen molar-refractivity contribution in [1.82, 2.24) is 9.97 Å². The van der Waals surface area contributed by atoms with Gasteiger partial charge < -0.3 is 16.2 Å². The minimum atomic E-state index is -0.0510. The van der Waals surface area contributed by atoms with E-state index in [-0.39, 0.29) is 12.6 Å². The Balaban J connectivity index is 2.40. The molecule has 2 aromatic rings. The molecule has 0 spiro atoms. The van der Waals surface area contributed by atoms with Crippen LogP contribution in [-0.4, -0.2) is 21.7 Å². The lowest BCUT2D eigenvalue weighted by molar-refractivity contribution is 0.332. The highest BCUT2D eigenvalue weighted by Crippen LogP contribution is 2.27. The number of allylic oxidation sites excluding steroid dienone is 1. The minimum absolute atomic E-state index is 0.0510. The van der Waals surface area contributed by atoms with Crippen molar-refractivity contribution in [3.8, 4) is 0 Å². The molecule has 5 nitrogen and oxygen atoms in total. The summed E-state index contributed by atoms with van der Waals surface area (Å²) >= 11 is 1.54. The highest BCUT2D eigenvalue weighted by molar-refractivity contribution is 7.17. The molecule has 0 aliphatic carbocycles. The predicted molar refractivity (Wildman–Crippen MR) is 70.9 cm³/mol. The van der Waals surface area contributed by atoms with E-state index in [0.717, 1.165) is 22.3 Å². The number of hydrogen-bond acceptors (Lipinski definition) is 6. The Bertz CT molecular complexity index is 549. The number of nitrogens with one attached hydrogen (secondary N) is 1. The van der Waals surface area contributed by atoms with Crippen LogP contribution in [0.2, 0.25) is 0 Å². The molecule has 0 radical (unpaired) electrons. The number of aromatic nitrogens is 2. The smallest absolute Gasteiger partial charge is 0.222 e. The summed E-state index contributed by atoms with van der Waals surface area (Å²) in [5, 5.41) is 14.2. The monoisotopic (exact) mass is 250 g/mol. The third-order valence-electron chi connectivity index (χ3n) is 2.22. The average Bonchev–Trinajstić information content (AvgIpc) is 2.76. The van der Waals surface area contributed by atoms with Gasteiger partial charge in [-0.2, -0.15) is 4.98 Å². The summed E-state index contributed by atoms with van der Waals surface area (Å²) in [6, 6.07) is 1.89. The van der Waals surface area contributed by atoms with Gasteiger partial charge in [-0.05, 0) is 17.9 Å². The van der Waals surface area contributed by atoms with Gasteiger partial charge in [0.25, 0.3) is 0 Å². The number of hydrogen-bond donors (Lipinski definition) is 3. The third-order valence-corrected chi connectivity index (χ3v) is 3.13. The summed E-state index contributed by atoms with van der Waals surface area (Å²) in [4.78, 5) is 8.29. The number of thiophene rings is 1. The Hall–Kier alpha value is -1.66. The van der Waals surface area contributed by atoms with E-state index in [1.165, 1.54) is 0 Å². The fourth-order valence-electron chi connectivity index (χ4n) is 1.52. The first-order valence-electron chi connectivity index (χ1n) is 5.32. The zero-order chi connectivity index (χ0) is 12.3. The van der Waals surface area contributed by atoms with Crippen molar-refractivity contribution < 1.29 is 5.11 Å². The highest BCUT2D eigenvalue weighted by Gasteiger charge is 2.08. The molecule has 4 N–H and O–H groups in total. The first-order valence-corrected chi connectivity index (χ1v) is 6.20. The molecule has 0 fully saturated rings. The number of aliphatic hydroxyl groups is 1. The minimum Gasteiger partial charge on any atom is -0.390 e. The van der Waals surface area contributed by atoms with Crippen LogP contribution in [0.1, 0.15) is 13.3 Å². The van der Waals surface area contributed by atoms with Gasteiger partial charge in [-0.1, -0.05) is 13.0 Å². The van der Waals surface area contributed by atoms with E-state index in [0.29, 0.717) is 5.82 Å². The zero-order valence-corrected chi connectivity index (χ0v) is 10.3. The number of anilines is 2. The molecule has 2 aromatic heterocycles. The Morgan fingerprint density at radius 3 is 3.12 bits per heavy atom. The van der Waals surface area contributed by atoms with Crippen molar-refractivity contribution in [2.75, 3.05) is 17.7 Å². The normalized spacial score (nSPS) is 12.0. The molecule has 0 atom stereocenters. The molecule has 6 heteroatoms. The molecule has 2 heterocycles. The molecular weight excluding hydrogens is 236 g/mol. The van der Waals surface area contributed by atoms with E-state index in [9.17, 15) is 5.11 Å². The van der Waals surface area contributed by atoms with Crippen LogP contribution in [0.4, 0.5) is 11.8 Å². The fourth-order valence-corrected chi connectivity index (χ4v) is 2.30. The molecule has 0 aromatic carbocycles. The van der Waals surface area contributed by atoms with E-state index in [1.54, 1.807) is 11.3 Å². The molecule has 0 bridgehead atoms. The van der Waals surface area contributed by atoms with Crippen molar-refractivity contribution >= 4 is 33.3 Å². The largest absolute Gasteiger partial charge is 0.390 e. The van der Waals surface area contributed by atoms with Crippen molar-refractivity contribution in [1.29, 1.82) is 0 Å². The number of rotatable bonds is 4. The maximum atomic E-state index is 9.21. The van der Waals surface area contributed by atoms with Gasteiger partial charge in [0, 0.05) is 5.70 Å². The van der Waals surface area contributed by atoms with Crippen LogP contribution >= 0.6 is 11.3 Å². The number of fused-ring (bicyclic) bond motifs is 1. The molecule has 90 valence electrons. The number of nitrogen functional groups attached to an aromatic ring is 1. The second kappa shape index (κ2) is 5.11. The Morgan fingerprint density at radius 2 is 2.41 bits per heavy atom. The lowest BCUT2D eigenvalue weighted by Gasteiger charge is -2.08. The van der Waals surface area contributed by atoms with Gasteiger partial charge in [-0.15, -0.1) is 11.3 Å². The number of nitrogens with two attached hydrogens (primary N) is 1. The van der Waals surface area contributed by atoms with E-state index in [4.69, 9.17) is 5.73 Å². The highest BCUT2D eigenvalue weighted by atomic mass is 32.1. The van der Waals surface area contributed by atoms with Crippen molar-refractivity contribution in [3.63, 3.8) is 0 Å². The van der Waals surface area contributed by atoms with E-state index in [1.807, 2.05) is 24.4 Å². The van der Waals surface area contributed by atoms with Gasteiger partial charge in [0.05, 0.1) is 16.8 Å².